The molecule has 3 nitrogen and oxygen atoms in total. The Morgan fingerprint density at radius 1 is 1.25 bits per heavy atom. The molecule has 20 heavy (non-hydrogen) atoms. The fourth-order valence-corrected chi connectivity index (χ4v) is 2.29. The quantitative estimate of drug-likeness (QED) is 0.863. The third-order valence-corrected chi connectivity index (χ3v) is 3.61. The van der Waals surface area contributed by atoms with Crippen LogP contribution in [0.25, 0.3) is 0 Å². The van der Waals surface area contributed by atoms with Gasteiger partial charge in [0, 0.05) is 17.8 Å². The summed E-state index contributed by atoms with van der Waals surface area (Å²) in [7, 11) is 1.50. The molecule has 0 aliphatic heterocycles. The van der Waals surface area contributed by atoms with Crippen LogP contribution >= 0.6 is 15.9 Å². The van der Waals surface area contributed by atoms with E-state index in [1.165, 1.54) is 13.2 Å². The van der Waals surface area contributed by atoms with E-state index in [2.05, 4.69) is 21.2 Å². The van der Waals surface area contributed by atoms with Crippen molar-refractivity contribution >= 4 is 21.6 Å². The molecule has 0 amide bonds. The number of methoxy groups -OCH3 is 1. The third kappa shape index (κ3) is 3.22. The van der Waals surface area contributed by atoms with Gasteiger partial charge in [-0.2, -0.15) is 0 Å². The van der Waals surface area contributed by atoms with E-state index in [1.807, 2.05) is 13.0 Å². The number of rotatable bonds is 4. The zero-order valence-electron chi connectivity index (χ0n) is 11.2. The summed E-state index contributed by atoms with van der Waals surface area (Å²) in [6.07, 6.45) is 0. The fraction of sp³-hybridized carbons (Fsp3) is 0.200. The van der Waals surface area contributed by atoms with Crippen molar-refractivity contribution < 1.29 is 14.2 Å². The van der Waals surface area contributed by atoms with Crippen LogP contribution in [0.4, 0.5) is 10.1 Å². The normalized spacial score (nSPS) is 12.0. The first kappa shape index (κ1) is 14.7. The number of hydrogen-bond donors (Lipinski definition) is 2. The van der Waals surface area contributed by atoms with Crippen LogP contribution in [0.15, 0.2) is 40.9 Å². The minimum atomic E-state index is -0.289. The average Bonchev–Trinajstić information content (AvgIpc) is 2.42. The summed E-state index contributed by atoms with van der Waals surface area (Å²) >= 11 is 3.17. The lowest BCUT2D eigenvalue weighted by molar-refractivity contribution is 0.373. The highest BCUT2D eigenvalue weighted by Gasteiger charge is 2.09. The minimum absolute atomic E-state index is 0.0281. The molecule has 0 spiro atoms. The Morgan fingerprint density at radius 3 is 2.60 bits per heavy atom. The van der Waals surface area contributed by atoms with Crippen LogP contribution in [0.3, 0.4) is 0 Å². The number of phenolic OH excluding ortho intramolecular Hbond substituents is 1. The average molecular weight is 340 g/mol. The maximum Gasteiger partial charge on any atom is 0.160 e. The lowest BCUT2D eigenvalue weighted by Crippen LogP contribution is -2.06. The van der Waals surface area contributed by atoms with Gasteiger partial charge in [0.2, 0.25) is 0 Å². The molecule has 0 heterocycles. The highest BCUT2D eigenvalue weighted by Crippen LogP contribution is 2.30. The molecule has 1 unspecified atom stereocenters. The monoisotopic (exact) mass is 339 g/mol. The molecule has 1 atom stereocenters. The van der Waals surface area contributed by atoms with Gasteiger partial charge in [-0.05, 0) is 52.7 Å². The van der Waals surface area contributed by atoms with Crippen molar-refractivity contribution in [3.05, 3.63) is 52.3 Å². The van der Waals surface area contributed by atoms with E-state index in [-0.39, 0.29) is 17.6 Å². The van der Waals surface area contributed by atoms with Crippen molar-refractivity contribution in [3.8, 4) is 11.5 Å². The lowest BCUT2D eigenvalue weighted by Gasteiger charge is -2.17. The molecule has 0 saturated heterocycles. The summed E-state index contributed by atoms with van der Waals surface area (Å²) < 4.78 is 18.6. The number of ether oxygens (including phenoxy) is 1. The molecule has 106 valence electrons. The van der Waals surface area contributed by atoms with Gasteiger partial charge in [-0.15, -0.1) is 0 Å². The number of halogens is 2. The molecule has 0 radical (unpaired) electrons. The zero-order valence-corrected chi connectivity index (χ0v) is 12.7. The molecule has 0 bridgehead atoms. The first-order valence-corrected chi connectivity index (χ1v) is 6.89. The Morgan fingerprint density at radius 2 is 2.00 bits per heavy atom. The molecule has 0 aromatic heterocycles. The van der Waals surface area contributed by atoms with E-state index in [4.69, 9.17) is 4.74 Å². The summed E-state index contributed by atoms with van der Waals surface area (Å²) in [5, 5.41) is 13.0. The second-order valence-electron chi connectivity index (χ2n) is 4.43. The highest BCUT2D eigenvalue weighted by molar-refractivity contribution is 9.10. The Hall–Kier alpha value is -1.75. The van der Waals surface area contributed by atoms with Gasteiger partial charge in [-0.25, -0.2) is 4.39 Å². The fourth-order valence-electron chi connectivity index (χ4n) is 1.89. The summed E-state index contributed by atoms with van der Waals surface area (Å²) in [4.78, 5) is 0. The standard InChI is InChI=1S/C15H15BrFNO2/c1-9(10-3-5-13(17)12(16)7-10)18-11-4-6-15(20-2)14(19)8-11/h3-9,18-19H,1-2H3. The van der Waals surface area contributed by atoms with Crippen LogP contribution in [0.1, 0.15) is 18.5 Å². The van der Waals surface area contributed by atoms with Crippen LogP contribution in [-0.2, 0) is 0 Å². The van der Waals surface area contributed by atoms with Crippen LogP contribution in [0, 0.1) is 5.82 Å². The summed E-state index contributed by atoms with van der Waals surface area (Å²) in [6.45, 7) is 1.96. The molecule has 2 aromatic carbocycles. The Bertz CT molecular complexity index is 619. The lowest BCUT2D eigenvalue weighted by atomic mass is 10.1. The predicted octanol–water partition coefficient (Wildman–Crippen LogP) is 4.48. The molecule has 0 aliphatic rings. The van der Waals surface area contributed by atoms with Gasteiger partial charge in [0.05, 0.1) is 11.6 Å². The number of aromatic hydroxyl groups is 1. The SMILES string of the molecule is COc1ccc(NC(C)c2ccc(F)c(Br)c2)cc1O. The topological polar surface area (TPSA) is 41.5 Å². The zero-order chi connectivity index (χ0) is 14.7. The van der Waals surface area contributed by atoms with Gasteiger partial charge in [0.15, 0.2) is 11.5 Å². The van der Waals surface area contributed by atoms with E-state index < -0.39 is 0 Å². The Balaban J connectivity index is 2.16. The molecule has 2 N–H and O–H groups in total. The van der Waals surface area contributed by atoms with Gasteiger partial charge in [-0.3, -0.25) is 0 Å². The summed E-state index contributed by atoms with van der Waals surface area (Å²) in [5.74, 6) is 0.209. The molecule has 2 rings (SSSR count). The maximum atomic E-state index is 13.2. The second-order valence-corrected chi connectivity index (χ2v) is 5.28. The molecule has 2 aromatic rings. The molecule has 0 aliphatic carbocycles. The van der Waals surface area contributed by atoms with Crippen molar-refractivity contribution in [2.75, 3.05) is 12.4 Å². The molecular formula is C15H15BrFNO2. The van der Waals surface area contributed by atoms with Crippen molar-refractivity contribution in [1.82, 2.24) is 0 Å². The molecule has 5 heteroatoms. The largest absolute Gasteiger partial charge is 0.504 e. The van der Waals surface area contributed by atoms with E-state index >= 15 is 0 Å². The Labute approximate surface area is 125 Å². The van der Waals surface area contributed by atoms with Gasteiger partial charge in [0.1, 0.15) is 5.82 Å². The van der Waals surface area contributed by atoms with E-state index in [1.54, 1.807) is 24.3 Å². The van der Waals surface area contributed by atoms with Gasteiger partial charge >= 0.3 is 0 Å². The van der Waals surface area contributed by atoms with Crippen LogP contribution in [0.2, 0.25) is 0 Å². The van der Waals surface area contributed by atoms with Crippen LogP contribution < -0.4 is 10.1 Å². The first-order chi connectivity index (χ1) is 9.51. The maximum absolute atomic E-state index is 13.2. The number of benzene rings is 2. The molecular weight excluding hydrogens is 325 g/mol. The number of anilines is 1. The number of hydrogen-bond acceptors (Lipinski definition) is 3. The number of nitrogens with one attached hydrogen (secondary N) is 1. The minimum Gasteiger partial charge on any atom is -0.504 e. The van der Waals surface area contributed by atoms with Crippen molar-refractivity contribution in [2.45, 2.75) is 13.0 Å². The van der Waals surface area contributed by atoms with Gasteiger partial charge in [0.25, 0.3) is 0 Å². The molecule has 0 fully saturated rings. The van der Waals surface area contributed by atoms with Gasteiger partial charge in [-0.1, -0.05) is 6.07 Å². The van der Waals surface area contributed by atoms with Crippen molar-refractivity contribution in [3.63, 3.8) is 0 Å². The smallest absolute Gasteiger partial charge is 0.160 e. The first-order valence-electron chi connectivity index (χ1n) is 6.09. The Kier molecular flexibility index (Phi) is 4.49. The third-order valence-electron chi connectivity index (χ3n) is 3.01. The van der Waals surface area contributed by atoms with E-state index in [0.29, 0.717) is 10.2 Å². The van der Waals surface area contributed by atoms with E-state index in [9.17, 15) is 9.50 Å². The predicted molar refractivity (Wildman–Crippen MR) is 80.8 cm³/mol. The van der Waals surface area contributed by atoms with Crippen LogP contribution in [0.5, 0.6) is 11.5 Å². The van der Waals surface area contributed by atoms with Gasteiger partial charge < -0.3 is 15.2 Å². The highest BCUT2D eigenvalue weighted by atomic mass is 79.9. The summed E-state index contributed by atoms with van der Waals surface area (Å²) in [6, 6.07) is 9.94. The van der Waals surface area contributed by atoms with Crippen molar-refractivity contribution in [1.29, 1.82) is 0 Å². The van der Waals surface area contributed by atoms with Crippen LogP contribution in [-0.4, -0.2) is 12.2 Å². The second kappa shape index (κ2) is 6.13. The summed E-state index contributed by atoms with van der Waals surface area (Å²) in [5.41, 5.74) is 1.70. The number of phenols is 1. The van der Waals surface area contributed by atoms with Crippen molar-refractivity contribution in [2.24, 2.45) is 0 Å². The van der Waals surface area contributed by atoms with E-state index in [0.717, 1.165) is 11.3 Å². The molecule has 0 saturated carbocycles.